The monoisotopic (exact) mass is 454 g/mol. The van der Waals surface area contributed by atoms with E-state index < -0.39 is 11.7 Å². The second-order valence-electron chi connectivity index (χ2n) is 7.73. The molecule has 34 heavy (non-hydrogen) atoms. The Kier molecular flexibility index (Phi) is 5.47. The highest BCUT2D eigenvalue weighted by Crippen LogP contribution is 2.38. The number of fused-ring (bicyclic) bond motifs is 2. The summed E-state index contributed by atoms with van der Waals surface area (Å²) in [5.74, 6) is 0.00876. The lowest BCUT2D eigenvalue weighted by Gasteiger charge is -2.22. The molecule has 4 aromatic rings. The maximum absolute atomic E-state index is 13.8. The van der Waals surface area contributed by atoms with Gasteiger partial charge in [-0.15, -0.1) is 0 Å². The van der Waals surface area contributed by atoms with Gasteiger partial charge in [0.1, 0.15) is 11.6 Å². The first-order valence-corrected chi connectivity index (χ1v) is 10.6. The van der Waals surface area contributed by atoms with E-state index in [1.54, 1.807) is 29.3 Å². The van der Waals surface area contributed by atoms with Gasteiger partial charge in [0.25, 0.3) is 11.8 Å². The molecule has 1 N–H and O–H groups in total. The highest BCUT2D eigenvalue weighted by molar-refractivity contribution is 6.07. The lowest BCUT2D eigenvalue weighted by Crippen LogP contribution is -2.30. The topological polar surface area (TPSA) is 84.4 Å². The zero-order valence-electron chi connectivity index (χ0n) is 18.2. The number of hydrogen-bond donors (Lipinski definition) is 1. The second-order valence-corrected chi connectivity index (χ2v) is 7.73. The fourth-order valence-corrected chi connectivity index (χ4v) is 3.73. The normalized spacial score (nSPS) is 12.1. The Labute approximate surface area is 194 Å². The molecule has 2 amide bonds. The van der Waals surface area contributed by atoms with Gasteiger partial charge in [0, 0.05) is 23.5 Å². The van der Waals surface area contributed by atoms with E-state index in [0.29, 0.717) is 22.9 Å². The van der Waals surface area contributed by atoms with Gasteiger partial charge in [0.15, 0.2) is 5.75 Å². The standard InChI is InChI=1S/C26H19FN4O3/c1-16-19(7-4-8-20(16)27)24(32)30-23-12-11-17(14-29-23)26(33)31-15-18-6-5-13-28-25(18)34-22-10-3-2-9-21(22)31/h2-14H,15H2,1H3,(H,29,30,32). The van der Waals surface area contributed by atoms with Crippen LogP contribution >= 0.6 is 0 Å². The number of nitrogens with one attached hydrogen (secondary N) is 1. The van der Waals surface area contributed by atoms with Crippen molar-refractivity contribution >= 4 is 23.3 Å². The van der Waals surface area contributed by atoms with Crippen LogP contribution in [0, 0.1) is 12.7 Å². The molecule has 0 fully saturated rings. The number of rotatable bonds is 3. The molecule has 2 aromatic carbocycles. The number of carbonyl (C=O) groups is 2. The zero-order chi connectivity index (χ0) is 23.7. The Balaban J connectivity index is 1.40. The summed E-state index contributed by atoms with van der Waals surface area (Å²) in [6.07, 6.45) is 3.04. The average Bonchev–Trinajstić information content (AvgIpc) is 3.02. The molecule has 7 nitrogen and oxygen atoms in total. The first kappa shape index (κ1) is 21.3. The van der Waals surface area contributed by atoms with Crippen LogP contribution in [0.15, 0.2) is 79.1 Å². The number of pyridine rings is 2. The molecule has 0 atom stereocenters. The molecular weight excluding hydrogens is 435 g/mol. The molecule has 5 rings (SSSR count). The van der Waals surface area contributed by atoms with Crippen LogP contribution in [-0.4, -0.2) is 21.8 Å². The molecule has 0 radical (unpaired) electrons. The van der Waals surface area contributed by atoms with E-state index in [4.69, 9.17) is 4.74 Å². The molecule has 0 spiro atoms. The van der Waals surface area contributed by atoms with Gasteiger partial charge in [-0.2, -0.15) is 0 Å². The molecule has 0 saturated heterocycles. The molecule has 168 valence electrons. The van der Waals surface area contributed by atoms with Crippen LogP contribution in [0.25, 0.3) is 0 Å². The van der Waals surface area contributed by atoms with Crippen LogP contribution in [0.5, 0.6) is 11.6 Å². The highest BCUT2D eigenvalue weighted by atomic mass is 19.1. The van der Waals surface area contributed by atoms with E-state index in [1.807, 2.05) is 24.3 Å². The summed E-state index contributed by atoms with van der Waals surface area (Å²) in [7, 11) is 0. The van der Waals surface area contributed by atoms with Crippen molar-refractivity contribution in [3.8, 4) is 11.6 Å². The Morgan fingerprint density at radius 2 is 1.85 bits per heavy atom. The van der Waals surface area contributed by atoms with Crippen LogP contribution in [0.4, 0.5) is 15.9 Å². The van der Waals surface area contributed by atoms with Crippen LogP contribution in [0.2, 0.25) is 0 Å². The summed E-state index contributed by atoms with van der Waals surface area (Å²) in [5.41, 5.74) is 2.19. The Bertz CT molecular complexity index is 1410. The minimum absolute atomic E-state index is 0.218. The molecule has 0 saturated carbocycles. The molecular formula is C26H19FN4O3. The molecule has 0 unspecified atom stereocenters. The van der Waals surface area contributed by atoms with Crippen molar-refractivity contribution in [1.82, 2.24) is 9.97 Å². The fraction of sp³-hybridized carbons (Fsp3) is 0.0769. The maximum Gasteiger partial charge on any atom is 0.260 e. The summed E-state index contributed by atoms with van der Waals surface area (Å²) >= 11 is 0. The third-order valence-corrected chi connectivity index (χ3v) is 5.55. The summed E-state index contributed by atoms with van der Waals surface area (Å²) in [6, 6.07) is 18.3. The van der Waals surface area contributed by atoms with Crippen molar-refractivity contribution in [3.63, 3.8) is 0 Å². The number of benzene rings is 2. The Morgan fingerprint density at radius 1 is 1.00 bits per heavy atom. The number of hydrogen-bond acceptors (Lipinski definition) is 5. The Morgan fingerprint density at radius 3 is 2.68 bits per heavy atom. The minimum Gasteiger partial charge on any atom is -0.436 e. The van der Waals surface area contributed by atoms with E-state index in [0.717, 1.165) is 5.56 Å². The molecule has 8 heteroatoms. The van der Waals surface area contributed by atoms with Crippen molar-refractivity contribution in [2.24, 2.45) is 0 Å². The summed E-state index contributed by atoms with van der Waals surface area (Å²) in [5, 5.41) is 2.64. The number of carbonyl (C=O) groups excluding carboxylic acids is 2. The van der Waals surface area contributed by atoms with Gasteiger partial charge in [0.05, 0.1) is 17.8 Å². The predicted molar refractivity (Wildman–Crippen MR) is 125 cm³/mol. The third kappa shape index (κ3) is 3.97. The number of amides is 2. The molecule has 1 aliphatic rings. The van der Waals surface area contributed by atoms with Gasteiger partial charge in [-0.1, -0.05) is 24.3 Å². The summed E-state index contributed by atoms with van der Waals surface area (Å²) in [4.78, 5) is 36.1. The van der Waals surface area contributed by atoms with E-state index in [2.05, 4.69) is 15.3 Å². The van der Waals surface area contributed by atoms with Crippen LogP contribution in [-0.2, 0) is 6.54 Å². The van der Waals surface area contributed by atoms with Crippen molar-refractivity contribution in [3.05, 3.63) is 107 Å². The molecule has 1 aliphatic heterocycles. The fourth-order valence-electron chi connectivity index (χ4n) is 3.73. The predicted octanol–water partition coefficient (Wildman–Crippen LogP) is 5.13. The number of ether oxygens (including phenoxy) is 1. The van der Waals surface area contributed by atoms with Crippen molar-refractivity contribution in [2.75, 3.05) is 10.2 Å². The Hall–Kier alpha value is -4.59. The van der Waals surface area contributed by atoms with E-state index >= 15 is 0 Å². The van der Waals surface area contributed by atoms with Crippen LogP contribution in [0.1, 0.15) is 31.8 Å². The summed E-state index contributed by atoms with van der Waals surface area (Å²) < 4.78 is 19.7. The first-order chi connectivity index (χ1) is 16.5. The lowest BCUT2D eigenvalue weighted by molar-refractivity contribution is 0.0984. The van der Waals surface area contributed by atoms with E-state index in [-0.39, 0.29) is 29.4 Å². The van der Waals surface area contributed by atoms with E-state index in [1.165, 1.54) is 37.4 Å². The van der Waals surface area contributed by atoms with E-state index in [9.17, 15) is 14.0 Å². The van der Waals surface area contributed by atoms with Gasteiger partial charge >= 0.3 is 0 Å². The largest absolute Gasteiger partial charge is 0.436 e. The average molecular weight is 454 g/mol. The van der Waals surface area contributed by atoms with Crippen LogP contribution < -0.4 is 15.0 Å². The van der Waals surface area contributed by atoms with Crippen molar-refractivity contribution < 1.29 is 18.7 Å². The first-order valence-electron chi connectivity index (χ1n) is 10.6. The lowest BCUT2D eigenvalue weighted by atomic mass is 10.1. The molecule has 0 bridgehead atoms. The SMILES string of the molecule is Cc1c(F)cccc1C(=O)Nc1ccc(C(=O)N2Cc3cccnc3Oc3ccccc32)cn1. The smallest absolute Gasteiger partial charge is 0.260 e. The van der Waals surface area contributed by atoms with Gasteiger partial charge in [-0.05, 0) is 55.0 Å². The number of aromatic nitrogens is 2. The van der Waals surface area contributed by atoms with Gasteiger partial charge in [0.2, 0.25) is 5.88 Å². The number of anilines is 2. The third-order valence-electron chi connectivity index (χ3n) is 5.55. The van der Waals surface area contributed by atoms with Crippen molar-refractivity contribution in [2.45, 2.75) is 13.5 Å². The number of nitrogens with zero attached hydrogens (tertiary/aromatic N) is 3. The molecule has 2 aromatic heterocycles. The molecule has 0 aliphatic carbocycles. The highest BCUT2D eigenvalue weighted by Gasteiger charge is 2.27. The van der Waals surface area contributed by atoms with Gasteiger partial charge in [-0.25, -0.2) is 14.4 Å². The van der Waals surface area contributed by atoms with Crippen molar-refractivity contribution in [1.29, 1.82) is 0 Å². The number of halogens is 1. The van der Waals surface area contributed by atoms with Crippen LogP contribution in [0.3, 0.4) is 0 Å². The second kappa shape index (κ2) is 8.74. The zero-order valence-corrected chi connectivity index (χ0v) is 18.2. The number of para-hydroxylation sites is 2. The molecule has 3 heterocycles. The maximum atomic E-state index is 13.8. The van der Waals surface area contributed by atoms with Gasteiger partial charge < -0.3 is 15.0 Å². The summed E-state index contributed by atoms with van der Waals surface area (Å²) in [6.45, 7) is 1.81. The quantitative estimate of drug-likeness (QED) is 0.464. The minimum atomic E-state index is -0.480. The van der Waals surface area contributed by atoms with Gasteiger partial charge in [-0.3, -0.25) is 9.59 Å².